The molecule has 1 aromatic carbocycles. The zero-order valence-electron chi connectivity index (χ0n) is 12.8. The molecule has 0 radical (unpaired) electrons. The van der Waals surface area contributed by atoms with Crippen LogP contribution in [0.25, 0.3) is 0 Å². The normalized spacial score (nSPS) is 23.1. The zero-order valence-corrected chi connectivity index (χ0v) is 12.8. The summed E-state index contributed by atoms with van der Waals surface area (Å²) in [5.74, 6) is 1.26. The van der Waals surface area contributed by atoms with Crippen molar-refractivity contribution in [3.05, 3.63) is 35.4 Å². The number of carbonyl (C=O) groups is 1. The van der Waals surface area contributed by atoms with E-state index in [0.717, 1.165) is 24.6 Å². The molecule has 2 unspecified atom stereocenters. The topological polar surface area (TPSA) is 40.5 Å². The van der Waals surface area contributed by atoms with Crippen molar-refractivity contribution >= 4 is 5.97 Å². The van der Waals surface area contributed by atoms with Crippen molar-refractivity contribution < 1.29 is 9.90 Å². The van der Waals surface area contributed by atoms with Gasteiger partial charge in [-0.15, -0.1) is 0 Å². The van der Waals surface area contributed by atoms with Crippen LogP contribution in [-0.4, -0.2) is 28.6 Å². The summed E-state index contributed by atoms with van der Waals surface area (Å²) in [6, 6.07) is 7.92. The monoisotopic (exact) mass is 275 g/mol. The van der Waals surface area contributed by atoms with Crippen LogP contribution in [0, 0.1) is 17.8 Å². The maximum Gasteiger partial charge on any atom is 0.335 e. The molecule has 1 aliphatic heterocycles. The van der Waals surface area contributed by atoms with Crippen LogP contribution in [0.1, 0.15) is 43.6 Å². The predicted octanol–water partition coefficient (Wildman–Crippen LogP) is 3.50. The van der Waals surface area contributed by atoms with Gasteiger partial charge in [-0.2, -0.15) is 0 Å². The second-order valence-corrected chi connectivity index (χ2v) is 6.58. The van der Waals surface area contributed by atoms with E-state index >= 15 is 0 Å². The lowest BCUT2D eigenvalue weighted by Crippen LogP contribution is -2.59. The van der Waals surface area contributed by atoms with E-state index in [9.17, 15) is 4.79 Å². The van der Waals surface area contributed by atoms with Crippen molar-refractivity contribution in [2.45, 2.75) is 40.3 Å². The Balaban J connectivity index is 2.07. The van der Waals surface area contributed by atoms with E-state index < -0.39 is 5.97 Å². The number of carboxylic acids is 1. The molecule has 3 nitrogen and oxygen atoms in total. The molecule has 0 aromatic heterocycles. The van der Waals surface area contributed by atoms with Crippen molar-refractivity contribution in [2.75, 3.05) is 6.54 Å². The molecular weight excluding hydrogens is 250 g/mol. The molecule has 1 aliphatic rings. The minimum atomic E-state index is -0.851. The van der Waals surface area contributed by atoms with Gasteiger partial charge in [0.2, 0.25) is 0 Å². The molecule has 110 valence electrons. The van der Waals surface area contributed by atoms with E-state index in [1.807, 2.05) is 12.1 Å². The average Bonchev–Trinajstić information content (AvgIpc) is 2.33. The van der Waals surface area contributed by atoms with Crippen molar-refractivity contribution in [3.63, 3.8) is 0 Å². The second-order valence-electron chi connectivity index (χ2n) is 6.58. The van der Waals surface area contributed by atoms with Crippen molar-refractivity contribution in [3.8, 4) is 0 Å². The van der Waals surface area contributed by atoms with Crippen molar-refractivity contribution in [1.82, 2.24) is 4.90 Å². The van der Waals surface area contributed by atoms with Crippen LogP contribution in [0.3, 0.4) is 0 Å². The summed E-state index contributed by atoms with van der Waals surface area (Å²) in [5, 5.41) is 9.06. The van der Waals surface area contributed by atoms with E-state index in [1.165, 1.54) is 0 Å². The molecule has 0 aliphatic carbocycles. The molecule has 0 saturated carbocycles. The molecule has 2 rings (SSSR count). The van der Waals surface area contributed by atoms with Crippen LogP contribution >= 0.6 is 0 Å². The molecule has 1 N–H and O–H groups in total. The van der Waals surface area contributed by atoms with Gasteiger partial charge in [0.15, 0.2) is 0 Å². The third-order valence-electron chi connectivity index (χ3n) is 4.40. The zero-order chi connectivity index (χ0) is 14.9. The van der Waals surface area contributed by atoms with Crippen LogP contribution in [0.5, 0.6) is 0 Å². The Hall–Kier alpha value is -1.35. The van der Waals surface area contributed by atoms with Crippen molar-refractivity contribution in [1.29, 1.82) is 0 Å². The van der Waals surface area contributed by atoms with E-state index in [0.29, 0.717) is 23.4 Å². The molecule has 1 fully saturated rings. The smallest absolute Gasteiger partial charge is 0.335 e. The van der Waals surface area contributed by atoms with Gasteiger partial charge in [-0.25, -0.2) is 4.79 Å². The van der Waals surface area contributed by atoms with Gasteiger partial charge in [-0.1, -0.05) is 39.8 Å². The number of benzene rings is 1. The molecule has 1 heterocycles. The molecule has 0 spiro atoms. The fourth-order valence-electron chi connectivity index (χ4n) is 3.36. The average molecular weight is 275 g/mol. The van der Waals surface area contributed by atoms with Crippen molar-refractivity contribution in [2.24, 2.45) is 17.8 Å². The molecular formula is C17H25NO2. The van der Waals surface area contributed by atoms with Gasteiger partial charge in [0, 0.05) is 19.1 Å². The maximum atomic E-state index is 11.0. The van der Waals surface area contributed by atoms with Crippen LogP contribution in [0.15, 0.2) is 24.3 Å². The lowest BCUT2D eigenvalue weighted by Gasteiger charge is -2.52. The fraction of sp³-hybridized carbons (Fsp3) is 0.588. The minimum absolute atomic E-state index is 0.379. The second kappa shape index (κ2) is 5.96. The maximum absolute atomic E-state index is 11.0. The number of hydrogen-bond donors (Lipinski definition) is 1. The Morgan fingerprint density at radius 3 is 2.55 bits per heavy atom. The molecule has 1 saturated heterocycles. The summed E-state index contributed by atoms with van der Waals surface area (Å²) < 4.78 is 0. The molecule has 20 heavy (non-hydrogen) atoms. The van der Waals surface area contributed by atoms with Crippen LogP contribution < -0.4 is 0 Å². The Morgan fingerprint density at radius 2 is 2.00 bits per heavy atom. The Kier molecular flexibility index (Phi) is 4.48. The summed E-state index contributed by atoms with van der Waals surface area (Å²) in [6.45, 7) is 11.1. The number of nitrogens with zero attached hydrogens (tertiary/aromatic N) is 1. The number of likely N-dealkylation sites (tertiary alicyclic amines) is 1. The summed E-state index contributed by atoms with van der Waals surface area (Å²) in [5.41, 5.74) is 1.47. The fourth-order valence-corrected chi connectivity index (χ4v) is 3.36. The number of carboxylic acid groups (broad SMARTS) is 1. The molecule has 0 amide bonds. The third-order valence-corrected chi connectivity index (χ3v) is 4.40. The van der Waals surface area contributed by atoms with E-state index in [4.69, 9.17) is 5.11 Å². The quantitative estimate of drug-likeness (QED) is 0.894. The summed E-state index contributed by atoms with van der Waals surface area (Å²) in [6.07, 6.45) is 0. The van der Waals surface area contributed by atoms with E-state index in [1.54, 1.807) is 12.1 Å². The number of aromatic carboxylic acids is 1. The molecule has 1 aromatic rings. The minimum Gasteiger partial charge on any atom is -0.478 e. The first-order valence-corrected chi connectivity index (χ1v) is 7.46. The number of hydrogen-bond acceptors (Lipinski definition) is 2. The van der Waals surface area contributed by atoms with Gasteiger partial charge in [0.05, 0.1) is 5.56 Å². The largest absolute Gasteiger partial charge is 0.478 e. The predicted molar refractivity (Wildman–Crippen MR) is 80.8 cm³/mol. The van der Waals surface area contributed by atoms with Crippen LogP contribution in [0.4, 0.5) is 0 Å². The highest BCUT2D eigenvalue weighted by molar-refractivity contribution is 5.87. The van der Waals surface area contributed by atoms with Gasteiger partial charge in [-0.05, 0) is 35.4 Å². The highest BCUT2D eigenvalue weighted by Crippen LogP contribution is 2.36. The lowest BCUT2D eigenvalue weighted by atomic mass is 9.74. The van der Waals surface area contributed by atoms with E-state index in [2.05, 4.69) is 32.6 Å². The highest BCUT2D eigenvalue weighted by Gasteiger charge is 2.41. The van der Waals surface area contributed by atoms with Crippen LogP contribution in [-0.2, 0) is 6.54 Å². The van der Waals surface area contributed by atoms with Gasteiger partial charge >= 0.3 is 5.97 Å². The van der Waals surface area contributed by atoms with Gasteiger partial charge in [0.25, 0.3) is 0 Å². The first kappa shape index (κ1) is 15.0. The van der Waals surface area contributed by atoms with Gasteiger partial charge < -0.3 is 5.11 Å². The standard InChI is InChI=1S/C17H25NO2/c1-11(2)15-10-18(16(15)12(3)4)9-13-6-5-7-14(8-13)17(19)20/h5-8,11-12,15-16H,9-10H2,1-4H3,(H,19,20). The molecule has 2 atom stereocenters. The third kappa shape index (κ3) is 3.04. The Morgan fingerprint density at radius 1 is 1.30 bits per heavy atom. The molecule has 3 heteroatoms. The van der Waals surface area contributed by atoms with Gasteiger partial charge in [-0.3, -0.25) is 4.90 Å². The lowest BCUT2D eigenvalue weighted by molar-refractivity contribution is -0.0442. The Bertz CT molecular complexity index is 482. The van der Waals surface area contributed by atoms with E-state index in [-0.39, 0.29) is 0 Å². The summed E-state index contributed by atoms with van der Waals surface area (Å²) >= 11 is 0. The summed E-state index contributed by atoms with van der Waals surface area (Å²) in [4.78, 5) is 13.5. The SMILES string of the molecule is CC(C)C1CN(Cc2cccc(C(=O)O)c2)C1C(C)C. The first-order valence-electron chi connectivity index (χ1n) is 7.46. The van der Waals surface area contributed by atoms with Gasteiger partial charge in [0.1, 0.15) is 0 Å². The van der Waals surface area contributed by atoms with Crippen LogP contribution in [0.2, 0.25) is 0 Å². The Labute approximate surface area is 121 Å². The molecule has 0 bridgehead atoms. The highest BCUT2D eigenvalue weighted by atomic mass is 16.4. The number of rotatable bonds is 5. The summed E-state index contributed by atoms with van der Waals surface area (Å²) in [7, 11) is 0. The first-order chi connectivity index (χ1) is 9.40.